The summed E-state index contributed by atoms with van der Waals surface area (Å²) in [6, 6.07) is 2.36. The summed E-state index contributed by atoms with van der Waals surface area (Å²) in [5, 5.41) is 4.46. The van der Waals surface area contributed by atoms with Crippen molar-refractivity contribution in [2.45, 2.75) is 57.8 Å². The van der Waals surface area contributed by atoms with E-state index in [0.717, 1.165) is 29.8 Å². The highest BCUT2D eigenvalue weighted by Gasteiger charge is 2.38. The maximum absolute atomic E-state index is 6.45. The molecule has 1 aliphatic rings. The van der Waals surface area contributed by atoms with E-state index in [4.69, 9.17) is 9.16 Å². The van der Waals surface area contributed by atoms with Gasteiger partial charge in [-0.1, -0.05) is 20.8 Å². The van der Waals surface area contributed by atoms with E-state index in [9.17, 15) is 0 Å². The number of rotatable bonds is 7. The van der Waals surface area contributed by atoms with Gasteiger partial charge < -0.3 is 9.16 Å². The van der Waals surface area contributed by atoms with Gasteiger partial charge in [0.25, 0.3) is 0 Å². The van der Waals surface area contributed by atoms with Crippen LogP contribution in [-0.2, 0) is 4.43 Å². The van der Waals surface area contributed by atoms with Gasteiger partial charge >= 0.3 is 0 Å². The molecule has 0 spiro atoms. The van der Waals surface area contributed by atoms with Crippen LogP contribution in [0.2, 0.25) is 18.1 Å². The Balaban J connectivity index is 1.50. The molecule has 0 aromatic carbocycles. The summed E-state index contributed by atoms with van der Waals surface area (Å²) in [6.07, 6.45) is 6.05. The van der Waals surface area contributed by atoms with Gasteiger partial charge in [0.15, 0.2) is 14.0 Å². The van der Waals surface area contributed by atoms with Crippen molar-refractivity contribution in [1.82, 2.24) is 19.5 Å². The molecule has 27 heavy (non-hydrogen) atoms. The van der Waals surface area contributed by atoms with E-state index in [-0.39, 0.29) is 5.04 Å². The summed E-state index contributed by atoms with van der Waals surface area (Å²) >= 11 is 3.46. The smallest absolute Gasteiger partial charge is 0.216 e. The second-order valence-electron chi connectivity index (χ2n) is 8.78. The molecule has 150 valence electrons. The lowest BCUT2D eigenvalue weighted by atomic mass is 10.2. The van der Waals surface area contributed by atoms with Crippen molar-refractivity contribution in [2.24, 2.45) is 0 Å². The molecule has 8 heteroatoms. The first-order chi connectivity index (χ1) is 12.7. The third-order valence-electron chi connectivity index (χ3n) is 5.87. The standard InChI is InChI=1S/C19H31BrN4O2Si/c1-19(2,3)27(4,5)26-14-15-7-6-9-23(15)11-12-25-17-8-10-24-18(22-17)16(20)13-21-24/h8,10,13,15H,6-7,9,11-12,14H2,1-5H3/t15-/m0/s1. The average molecular weight is 455 g/mol. The first-order valence-electron chi connectivity index (χ1n) is 9.68. The molecule has 0 bridgehead atoms. The Hall–Kier alpha value is -0.963. The van der Waals surface area contributed by atoms with E-state index in [2.05, 4.69) is 64.8 Å². The largest absolute Gasteiger partial charge is 0.476 e. The molecule has 2 aromatic heterocycles. The van der Waals surface area contributed by atoms with Crippen LogP contribution in [0.5, 0.6) is 5.88 Å². The Kier molecular flexibility index (Phi) is 6.30. The van der Waals surface area contributed by atoms with Crippen molar-refractivity contribution in [2.75, 3.05) is 26.3 Å². The van der Waals surface area contributed by atoms with Gasteiger partial charge in [0, 0.05) is 31.5 Å². The van der Waals surface area contributed by atoms with E-state index < -0.39 is 8.32 Å². The molecule has 1 aliphatic heterocycles. The van der Waals surface area contributed by atoms with Gasteiger partial charge in [-0.15, -0.1) is 0 Å². The fraction of sp³-hybridized carbons (Fsp3) is 0.684. The number of fused-ring (bicyclic) bond motifs is 1. The minimum atomic E-state index is -1.69. The first-order valence-corrected chi connectivity index (χ1v) is 13.4. The number of halogens is 1. The van der Waals surface area contributed by atoms with Crippen molar-refractivity contribution in [3.8, 4) is 5.88 Å². The van der Waals surface area contributed by atoms with E-state index >= 15 is 0 Å². The van der Waals surface area contributed by atoms with E-state index in [1.54, 1.807) is 10.7 Å². The van der Waals surface area contributed by atoms with Gasteiger partial charge in [0.2, 0.25) is 5.88 Å². The van der Waals surface area contributed by atoms with Crippen LogP contribution >= 0.6 is 15.9 Å². The van der Waals surface area contributed by atoms with E-state index in [1.807, 2.05) is 12.3 Å². The summed E-state index contributed by atoms with van der Waals surface area (Å²) in [7, 11) is -1.69. The van der Waals surface area contributed by atoms with Gasteiger partial charge in [-0.25, -0.2) is 4.52 Å². The summed E-state index contributed by atoms with van der Waals surface area (Å²) in [5.41, 5.74) is 0.773. The molecule has 0 N–H and O–H groups in total. The Morgan fingerprint density at radius 2 is 2.11 bits per heavy atom. The summed E-state index contributed by atoms with van der Waals surface area (Å²) in [5.74, 6) is 0.636. The Bertz CT molecular complexity index is 775. The third-order valence-corrected chi connectivity index (χ3v) is 10.9. The third kappa shape index (κ3) is 4.91. The fourth-order valence-corrected chi connectivity index (χ4v) is 4.48. The summed E-state index contributed by atoms with van der Waals surface area (Å²) in [6.45, 7) is 15.0. The van der Waals surface area contributed by atoms with Crippen LogP contribution in [0.25, 0.3) is 5.65 Å². The molecule has 2 aromatic rings. The molecular weight excluding hydrogens is 424 g/mol. The lowest BCUT2D eigenvalue weighted by Crippen LogP contribution is -2.45. The van der Waals surface area contributed by atoms with Crippen LogP contribution in [0.3, 0.4) is 0 Å². The summed E-state index contributed by atoms with van der Waals surface area (Å²) < 4.78 is 15.0. The van der Waals surface area contributed by atoms with Crippen molar-refractivity contribution < 1.29 is 9.16 Å². The predicted molar refractivity (Wildman–Crippen MR) is 114 cm³/mol. The molecule has 0 aliphatic carbocycles. The lowest BCUT2D eigenvalue weighted by molar-refractivity contribution is 0.141. The quantitative estimate of drug-likeness (QED) is 0.581. The second kappa shape index (κ2) is 8.19. The molecule has 0 amide bonds. The van der Waals surface area contributed by atoms with Crippen molar-refractivity contribution in [1.29, 1.82) is 0 Å². The zero-order valence-corrected chi connectivity index (χ0v) is 19.6. The zero-order chi connectivity index (χ0) is 19.7. The highest BCUT2D eigenvalue weighted by molar-refractivity contribution is 9.10. The van der Waals surface area contributed by atoms with Gasteiger partial charge in [-0.2, -0.15) is 10.1 Å². The number of hydrogen-bond acceptors (Lipinski definition) is 5. The molecule has 3 heterocycles. The van der Waals surface area contributed by atoms with Crippen molar-refractivity contribution in [3.05, 3.63) is 22.9 Å². The summed E-state index contributed by atoms with van der Waals surface area (Å²) in [4.78, 5) is 7.01. The Morgan fingerprint density at radius 3 is 2.85 bits per heavy atom. The molecule has 0 saturated carbocycles. The maximum Gasteiger partial charge on any atom is 0.216 e. The molecule has 3 rings (SSSR count). The molecular formula is C19H31BrN4O2Si. The van der Waals surface area contributed by atoms with Gasteiger partial charge in [-0.05, 0) is 53.4 Å². The molecule has 1 saturated heterocycles. The number of ether oxygens (including phenoxy) is 1. The molecule has 0 unspecified atom stereocenters. The maximum atomic E-state index is 6.45. The second-order valence-corrected chi connectivity index (χ2v) is 14.4. The number of aromatic nitrogens is 3. The highest BCUT2D eigenvalue weighted by Crippen LogP contribution is 2.37. The monoisotopic (exact) mass is 454 g/mol. The van der Waals surface area contributed by atoms with Crippen LogP contribution < -0.4 is 4.74 Å². The normalized spacial score (nSPS) is 19.1. The first kappa shape index (κ1) is 20.8. The van der Waals surface area contributed by atoms with Gasteiger partial charge in [0.05, 0.1) is 10.7 Å². The number of likely N-dealkylation sites (tertiary alicyclic amines) is 1. The topological polar surface area (TPSA) is 51.9 Å². The molecule has 1 fully saturated rings. The lowest BCUT2D eigenvalue weighted by Gasteiger charge is -2.38. The molecule has 0 radical (unpaired) electrons. The molecule has 6 nitrogen and oxygen atoms in total. The Labute approximate surface area is 171 Å². The van der Waals surface area contributed by atoms with Crippen LogP contribution in [0.15, 0.2) is 22.9 Å². The van der Waals surface area contributed by atoms with Crippen LogP contribution in [-0.4, -0.2) is 60.2 Å². The average Bonchev–Trinajstić information content (AvgIpc) is 3.19. The minimum Gasteiger partial charge on any atom is -0.476 e. The highest BCUT2D eigenvalue weighted by atomic mass is 79.9. The van der Waals surface area contributed by atoms with Crippen LogP contribution in [0.4, 0.5) is 0 Å². The fourth-order valence-electron chi connectivity index (χ4n) is 3.07. The number of hydrogen-bond donors (Lipinski definition) is 0. The minimum absolute atomic E-state index is 0.256. The van der Waals surface area contributed by atoms with E-state index in [0.29, 0.717) is 18.5 Å². The van der Waals surface area contributed by atoms with Crippen LogP contribution in [0.1, 0.15) is 33.6 Å². The SMILES string of the molecule is CC(C)(C)[Si](C)(C)OC[C@@H]1CCCN1CCOc1ccn2ncc(Br)c2n1. The molecule has 1 atom stereocenters. The Morgan fingerprint density at radius 1 is 1.33 bits per heavy atom. The predicted octanol–water partition coefficient (Wildman–Crippen LogP) is 4.36. The van der Waals surface area contributed by atoms with E-state index in [1.165, 1.54) is 12.8 Å². The van der Waals surface area contributed by atoms with Crippen molar-refractivity contribution >= 4 is 29.9 Å². The van der Waals surface area contributed by atoms with Gasteiger partial charge in [0.1, 0.15) is 6.61 Å². The van der Waals surface area contributed by atoms with Crippen molar-refractivity contribution in [3.63, 3.8) is 0 Å². The zero-order valence-electron chi connectivity index (χ0n) is 17.0. The van der Waals surface area contributed by atoms with Gasteiger partial charge in [-0.3, -0.25) is 4.90 Å². The van der Waals surface area contributed by atoms with Crippen LogP contribution in [0, 0.1) is 0 Å². The number of nitrogens with zero attached hydrogens (tertiary/aromatic N) is 4.